The van der Waals surface area contributed by atoms with Crippen LogP contribution in [-0.4, -0.2) is 15.0 Å². The van der Waals surface area contributed by atoms with Gasteiger partial charge in [-0.2, -0.15) is 0 Å². The van der Waals surface area contributed by atoms with Crippen molar-refractivity contribution in [3.63, 3.8) is 0 Å². The summed E-state index contributed by atoms with van der Waals surface area (Å²) in [5.74, 6) is 0. The van der Waals surface area contributed by atoms with E-state index in [1.54, 1.807) is 4.68 Å². The van der Waals surface area contributed by atoms with E-state index in [4.69, 9.17) is 5.73 Å². The van der Waals surface area contributed by atoms with Crippen molar-refractivity contribution in [3.05, 3.63) is 40.6 Å². The predicted octanol–water partition coefficient (Wildman–Crippen LogP) is 1.49. The molecule has 0 aliphatic rings. The second-order valence-corrected chi connectivity index (χ2v) is 3.75. The SMILES string of the molecule is NCc1cn(-c2cccc(Br)c2)nn1. The summed E-state index contributed by atoms with van der Waals surface area (Å²) in [5, 5.41) is 7.88. The molecule has 0 radical (unpaired) electrons. The first-order valence-corrected chi connectivity index (χ1v) is 4.96. The molecule has 4 nitrogen and oxygen atoms in total. The van der Waals surface area contributed by atoms with E-state index in [1.165, 1.54) is 0 Å². The molecule has 2 N–H and O–H groups in total. The number of nitrogens with two attached hydrogens (primary N) is 1. The highest BCUT2D eigenvalue weighted by Crippen LogP contribution is 2.14. The number of hydrogen-bond acceptors (Lipinski definition) is 3. The second-order valence-electron chi connectivity index (χ2n) is 2.84. The zero-order valence-corrected chi connectivity index (χ0v) is 8.98. The molecule has 0 bridgehead atoms. The fourth-order valence-electron chi connectivity index (χ4n) is 1.14. The van der Waals surface area contributed by atoms with Crippen molar-refractivity contribution in [3.8, 4) is 5.69 Å². The molecule has 0 atom stereocenters. The Morgan fingerprint density at radius 2 is 2.29 bits per heavy atom. The third-order valence-corrected chi connectivity index (χ3v) is 2.32. The Balaban J connectivity index is 2.39. The van der Waals surface area contributed by atoms with Crippen LogP contribution >= 0.6 is 15.9 Å². The maximum atomic E-state index is 5.45. The lowest BCUT2D eigenvalue weighted by Gasteiger charge is -1.99. The molecule has 0 aliphatic heterocycles. The fourth-order valence-corrected chi connectivity index (χ4v) is 1.52. The molecule has 0 aliphatic carbocycles. The quantitative estimate of drug-likeness (QED) is 0.882. The molecule has 14 heavy (non-hydrogen) atoms. The molecule has 1 aromatic carbocycles. The molecule has 0 spiro atoms. The van der Waals surface area contributed by atoms with E-state index in [1.807, 2.05) is 30.5 Å². The number of benzene rings is 1. The number of halogens is 1. The van der Waals surface area contributed by atoms with Crippen molar-refractivity contribution in [2.75, 3.05) is 0 Å². The van der Waals surface area contributed by atoms with Crippen LogP contribution in [0.2, 0.25) is 0 Å². The van der Waals surface area contributed by atoms with Crippen molar-refractivity contribution < 1.29 is 0 Å². The summed E-state index contributed by atoms with van der Waals surface area (Å²) in [5.41, 5.74) is 7.19. The van der Waals surface area contributed by atoms with Crippen LogP contribution in [0.5, 0.6) is 0 Å². The van der Waals surface area contributed by atoms with Crippen LogP contribution in [0.25, 0.3) is 5.69 Å². The molecule has 2 aromatic rings. The molecule has 72 valence electrons. The molecule has 5 heteroatoms. The molecule has 0 saturated heterocycles. The van der Waals surface area contributed by atoms with E-state index in [2.05, 4.69) is 26.2 Å². The Morgan fingerprint density at radius 3 is 2.93 bits per heavy atom. The van der Waals surface area contributed by atoms with Gasteiger partial charge >= 0.3 is 0 Å². The highest BCUT2D eigenvalue weighted by Gasteiger charge is 2.00. The van der Waals surface area contributed by atoms with Gasteiger partial charge in [-0.3, -0.25) is 0 Å². The van der Waals surface area contributed by atoms with E-state index < -0.39 is 0 Å². The fraction of sp³-hybridized carbons (Fsp3) is 0.111. The highest BCUT2D eigenvalue weighted by atomic mass is 79.9. The van der Waals surface area contributed by atoms with Gasteiger partial charge < -0.3 is 5.73 Å². The van der Waals surface area contributed by atoms with E-state index in [0.717, 1.165) is 15.9 Å². The van der Waals surface area contributed by atoms with E-state index in [9.17, 15) is 0 Å². The lowest BCUT2D eigenvalue weighted by Crippen LogP contribution is -1.95. The van der Waals surface area contributed by atoms with Crippen molar-refractivity contribution in [1.29, 1.82) is 0 Å². The largest absolute Gasteiger partial charge is 0.325 e. The zero-order valence-electron chi connectivity index (χ0n) is 7.39. The van der Waals surface area contributed by atoms with Gasteiger partial charge in [-0.1, -0.05) is 27.2 Å². The van der Waals surface area contributed by atoms with E-state index >= 15 is 0 Å². The first kappa shape index (κ1) is 9.36. The average Bonchev–Trinajstić information content (AvgIpc) is 2.66. The molecule has 2 rings (SSSR count). The highest BCUT2D eigenvalue weighted by molar-refractivity contribution is 9.10. The topological polar surface area (TPSA) is 56.7 Å². The minimum atomic E-state index is 0.411. The van der Waals surface area contributed by atoms with Gasteiger partial charge in [0.25, 0.3) is 0 Å². The molecule has 0 fully saturated rings. The first-order chi connectivity index (χ1) is 6.79. The van der Waals surface area contributed by atoms with E-state index in [0.29, 0.717) is 6.54 Å². The molecule has 1 aromatic heterocycles. The summed E-state index contributed by atoms with van der Waals surface area (Å²) in [6.45, 7) is 0.411. The lowest BCUT2D eigenvalue weighted by molar-refractivity contribution is 0.796. The van der Waals surface area contributed by atoms with Gasteiger partial charge in [-0.25, -0.2) is 4.68 Å². The maximum absolute atomic E-state index is 5.45. The Kier molecular flexibility index (Phi) is 2.60. The van der Waals surface area contributed by atoms with Crippen LogP contribution in [0.15, 0.2) is 34.9 Å². The summed E-state index contributed by atoms with van der Waals surface area (Å²) >= 11 is 3.40. The van der Waals surface area contributed by atoms with Gasteiger partial charge in [0, 0.05) is 11.0 Å². The Bertz CT molecular complexity index is 438. The van der Waals surface area contributed by atoms with Gasteiger partial charge in [-0.15, -0.1) is 5.10 Å². The van der Waals surface area contributed by atoms with Crippen LogP contribution in [-0.2, 0) is 6.54 Å². The van der Waals surface area contributed by atoms with Crippen LogP contribution < -0.4 is 5.73 Å². The Labute approximate surface area is 89.9 Å². The van der Waals surface area contributed by atoms with Gasteiger partial charge in [0.1, 0.15) is 0 Å². The number of aromatic nitrogens is 3. The first-order valence-electron chi connectivity index (χ1n) is 4.17. The summed E-state index contributed by atoms with van der Waals surface area (Å²) in [4.78, 5) is 0. The van der Waals surface area contributed by atoms with Crippen LogP contribution in [0, 0.1) is 0 Å². The average molecular weight is 253 g/mol. The number of nitrogens with zero attached hydrogens (tertiary/aromatic N) is 3. The molecule has 1 heterocycles. The number of hydrogen-bond donors (Lipinski definition) is 1. The zero-order chi connectivity index (χ0) is 9.97. The van der Waals surface area contributed by atoms with Gasteiger partial charge in [0.15, 0.2) is 0 Å². The van der Waals surface area contributed by atoms with Gasteiger partial charge in [0.05, 0.1) is 17.6 Å². The molecule has 0 unspecified atom stereocenters. The van der Waals surface area contributed by atoms with Gasteiger partial charge in [0.2, 0.25) is 0 Å². The third kappa shape index (κ3) is 1.83. The molecule has 0 amide bonds. The maximum Gasteiger partial charge on any atom is 0.0967 e. The summed E-state index contributed by atoms with van der Waals surface area (Å²) in [6, 6.07) is 7.84. The summed E-state index contributed by atoms with van der Waals surface area (Å²) in [7, 11) is 0. The normalized spacial score (nSPS) is 10.4. The molecular formula is C9H9BrN4. The molecule has 0 saturated carbocycles. The van der Waals surface area contributed by atoms with Crippen molar-refractivity contribution in [2.24, 2.45) is 5.73 Å². The molecular weight excluding hydrogens is 244 g/mol. The summed E-state index contributed by atoms with van der Waals surface area (Å²) in [6.07, 6.45) is 1.82. The minimum Gasteiger partial charge on any atom is -0.325 e. The summed E-state index contributed by atoms with van der Waals surface area (Å²) < 4.78 is 2.72. The van der Waals surface area contributed by atoms with Crippen molar-refractivity contribution in [1.82, 2.24) is 15.0 Å². The second kappa shape index (κ2) is 3.89. The standard InChI is InChI=1S/C9H9BrN4/c10-7-2-1-3-9(4-7)14-6-8(5-11)12-13-14/h1-4,6H,5,11H2. The Morgan fingerprint density at radius 1 is 1.43 bits per heavy atom. The van der Waals surface area contributed by atoms with Crippen molar-refractivity contribution >= 4 is 15.9 Å². The monoisotopic (exact) mass is 252 g/mol. The smallest absolute Gasteiger partial charge is 0.0967 e. The van der Waals surface area contributed by atoms with Crippen molar-refractivity contribution in [2.45, 2.75) is 6.54 Å². The van der Waals surface area contributed by atoms with Crippen LogP contribution in [0.4, 0.5) is 0 Å². The lowest BCUT2D eigenvalue weighted by atomic mass is 10.3. The van der Waals surface area contributed by atoms with Gasteiger partial charge in [-0.05, 0) is 18.2 Å². The van der Waals surface area contributed by atoms with Crippen LogP contribution in [0.1, 0.15) is 5.69 Å². The minimum absolute atomic E-state index is 0.411. The van der Waals surface area contributed by atoms with E-state index in [-0.39, 0.29) is 0 Å². The Hall–Kier alpha value is -1.20. The predicted molar refractivity (Wildman–Crippen MR) is 57.0 cm³/mol. The number of rotatable bonds is 2. The van der Waals surface area contributed by atoms with Crippen LogP contribution in [0.3, 0.4) is 0 Å². The third-order valence-electron chi connectivity index (χ3n) is 1.82.